The lowest BCUT2D eigenvalue weighted by molar-refractivity contribution is 0.602. The molecule has 0 aliphatic carbocycles. The minimum atomic E-state index is -3.42. The number of azo groups is 1. The highest BCUT2D eigenvalue weighted by atomic mass is 32.2. The molecule has 2 aromatic rings. The molecule has 0 atom stereocenters. The minimum absolute atomic E-state index is 0.0525. The van der Waals surface area contributed by atoms with Crippen molar-refractivity contribution in [2.45, 2.75) is 4.90 Å². The van der Waals surface area contributed by atoms with Crippen LogP contribution in [0.25, 0.3) is 0 Å². The topological polar surface area (TPSA) is 111 Å². The number of nitrogen functional groups attached to an aromatic ring is 2. The second kappa shape index (κ2) is 5.30. The molecule has 0 spiro atoms. The molecule has 0 saturated carbocycles. The highest BCUT2D eigenvalue weighted by molar-refractivity contribution is 7.90. The van der Waals surface area contributed by atoms with Crippen molar-refractivity contribution < 1.29 is 8.42 Å². The van der Waals surface area contributed by atoms with E-state index in [-0.39, 0.29) is 10.6 Å². The maximum atomic E-state index is 11.7. The Balaban J connectivity index is 2.41. The van der Waals surface area contributed by atoms with Gasteiger partial charge in [-0.15, -0.1) is 5.11 Å². The van der Waals surface area contributed by atoms with Crippen molar-refractivity contribution in [3.05, 3.63) is 42.5 Å². The zero-order valence-electron chi connectivity index (χ0n) is 10.8. The average Bonchev–Trinajstić information content (AvgIpc) is 2.38. The number of sulfone groups is 1. The Morgan fingerprint density at radius 2 is 1.50 bits per heavy atom. The molecule has 0 aliphatic heterocycles. The van der Waals surface area contributed by atoms with E-state index >= 15 is 0 Å². The van der Waals surface area contributed by atoms with Gasteiger partial charge in [0.05, 0.1) is 10.6 Å². The Bertz CT molecular complexity index is 752. The number of nitrogens with two attached hydrogens (primary N) is 2. The van der Waals surface area contributed by atoms with Crippen LogP contribution in [0.4, 0.5) is 22.7 Å². The van der Waals surface area contributed by atoms with Gasteiger partial charge in [0.2, 0.25) is 0 Å². The molecule has 0 aromatic heterocycles. The van der Waals surface area contributed by atoms with Crippen molar-refractivity contribution in [3.8, 4) is 0 Å². The van der Waals surface area contributed by atoms with Crippen LogP contribution in [0.5, 0.6) is 0 Å². The molecule has 6 nitrogen and oxygen atoms in total. The maximum absolute atomic E-state index is 11.7. The van der Waals surface area contributed by atoms with Gasteiger partial charge in [0.15, 0.2) is 9.84 Å². The molecule has 0 heterocycles. The Morgan fingerprint density at radius 3 is 2.10 bits per heavy atom. The number of rotatable bonds is 3. The van der Waals surface area contributed by atoms with E-state index in [0.717, 1.165) is 6.26 Å². The maximum Gasteiger partial charge on any atom is 0.177 e. The Morgan fingerprint density at radius 1 is 0.900 bits per heavy atom. The molecule has 20 heavy (non-hydrogen) atoms. The molecule has 4 N–H and O–H groups in total. The van der Waals surface area contributed by atoms with Gasteiger partial charge in [0.25, 0.3) is 0 Å². The van der Waals surface area contributed by atoms with E-state index in [0.29, 0.717) is 17.1 Å². The van der Waals surface area contributed by atoms with E-state index in [4.69, 9.17) is 11.5 Å². The summed E-state index contributed by atoms with van der Waals surface area (Å²) in [5.74, 6) is 0. The van der Waals surface area contributed by atoms with Crippen LogP contribution in [-0.2, 0) is 9.84 Å². The van der Waals surface area contributed by atoms with Crippen LogP contribution in [0.2, 0.25) is 0 Å². The summed E-state index contributed by atoms with van der Waals surface area (Å²) >= 11 is 0. The molecule has 0 fully saturated rings. The second-order valence-corrected chi connectivity index (χ2v) is 6.28. The van der Waals surface area contributed by atoms with Crippen molar-refractivity contribution in [2.24, 2.45) is 10.2 Å². The van der Waals surface area contributed by atoms with Crippen LogP contribution < -0.4 is 11.5 Å². The van der Waals surface area contributed by atoms with Crippen LogP contribution >= 0.6 is 0 Å². The van der Waals surface area contributed by atoms with Crippen LogP contribution in [0.15, 0.2) is 57.6 Å². The zero-order valence-corrected chi connectivity index (χ0v) is 11.6. The van der Waals surface area contributed by atoms with Crippen LogP contribution in [0.1, 0.15) is 0 Å². The molecule has 0 bridgehead atoms. The lowest BCUT2D eigenvalue weighted by Crippen LogP contribution is -1.98. The summed E-state index contributed by atoms with van der Waals surface area (Å²) in [4.78, 5) is 0.0525. The Hall–Kier alpha value is -2.41. The predicted octanol–water partition coefficient (Wildman–Crippen LogP) is 2.67. The highest BCUT2D eigenvalue weighted by Crippen LogP contribution is 2.28. The smallest absolute Gasteiger partial charge is 0.177 e. The third-order valence-corrected chi connectivity index (χ3v) is 3.68. The van der Waals surface area contributed by atoms with Gasteiger partial charge in [-0.05, 0) is 42.5 Å². The molecule has 7 heteroatoms. The molecular weight excluding hydrogens is 276 g/mol. The number of hydrogen-bond acceptors (Lipinski definition) is 6. The van der Waals surface area contributed by atoms with E-state index in [1.807, 2.05) is 0 Å². The van der Waals surface area contributed by atoms with Gasteiger partial charge in [-0.1, -0.05) is 0 Å². The fraction of sp³-hybridized carbons (Fsp3) is 0.0769. The number of hydrogen-bond donors (Lipinski definition) is 2. The standard InChI is InChI=1S/C13H14N4O2S/c1-20(18,19)13-8-10(15)4-7-12(13)17-16-11-5-2-9(14)3-6-11/h2-8H,14-15H2,1H3/b17-16+. The first-order chi connectivity index (χ1) is 9.36. The fourth-order valence-electron chi connectivity index (χ4n) is 1.56. The van der Waals surface area contributed by atoms with Crippen molar-refractivity contribution in [3.63, 3.8) is 0 Å². The number of benzene rings is 2. The first-order valence-electron chi connectivity index (χ1n) is 5.73. The van der Waals surface area contributed by atoms with Crippen molar-refractivity contribution in [2.75, 3.05) is 17.7 Å². The summed E-state index contributed by atoms with van der Waals surface area (Å²) in [5, 5.41) is 7.95. The molecule has 0 amide bonds. The second-order valence-electron chi connectivity index (χ2n) is 4.29. The zero-order chi connectivity index (χ0) is 14.8. The SMILES string of the molecule is CS(=O)(=O)c1cc(N)ccc1/N=N/c1ccc(N)cc1. The summed E-state index contributed by atoms with van der Waals surface area (Å²) in [6.45, 7) is 0. The molecular formula is C13H14N4O2S. The Labute approximate surface area is 117 Å². The Kier molecular flexibility index (Phi) is 3.71. The number of anilines is 2. The summed E-state index contributed by atoms with van der Waals surface area (Å²) in [6.07, 6.45) is 1.10. The molecule has 0 unspecified atom stereocenters. The van der Waals surface area contributed by atoms with Gasteiger partial charge in [0, 0.05) is 17.6 Å². The largest absolute Gasteiger partial charge is 0.399 e. The summed E-state index contributed by atoms with van der Waals surface area (Å²) < 4.78 is 23.4. The number of nitrogens with zero attached hydrogens (tertiary/aromatic N) is 2. The van der Waals surface area contributed by atoms with Gasteiger partial charge in [0.1, 0.15) is 5.69 Å². The first-order valence-corrected chi connectivity index (χ1v) is 7.62. The van der Waals surface area contributed by atoms with E-state index in [2.05, 4.69) is 10.2 Å². The third kappa shape index (κ3) is 3.33. The van der Waals surface area contributed by atoms with Gasteiger partial charge in [-0.2, -0.15) is 5.11 Å². The quantitative estimate of drug-likeness (QED) is 0.668. The highest BCUT2D eigenvalue weighted by Gasteiger charge is 2.13. The van der Waals surface area contributed by atoms with E-state index < -0.39 is 9.84 Å². The molecule has 0 saturated heterocycles. The average molecular weight is 290 g/mol. The predicted molar refractivity (Wildman–Crippen MR) is 79.0 cm³/mol. The van der Waals surface area contributed by atoms with Gasteiger partial charge in [-0.25, -0.2) is 8.42 Å². The third-order valence-electron chi connectivity index (χ3n) is 2.55. The van der Waals surface area contributed by atoms with Crippen molar-refractivity contribution in [1.29, 1.82) is 0 Å². The van der Waals surface area contributed by atoms with E-state index in [9.17, 15) is 8.42 Å². The van der Waals surface area contributed by atoms with Crippen LogP contribution in [0.3, 0.4) is 0 Å². The van der Waals surface area contributed by atoms with Gasteiger partial charge < -0.3 is 11.5 Å². The van der Waals surface area contributed by atoms with E-state index in [1.54, 1.807) is 30.3 Å². The van der Waals surface area contributed by atoms with Crippen LogP contribution in [0, 0.1) is 0 Å². The lowest BCUT2D eigenvalue weighted by Gasteiger charge is -2.03. The fourth-order valence-corrected chi connectivity index (χ4v) is 2.40. The summed E-state index contributed by atoms with van der Waals surface area (Å²) in [7, 11) is -3.42. The molecule has 2 rings (SSSR count). The summed E-state index contributed by atoms with van der Waals surface area (Å²) in [6, 6.07) is 11.2. The van der Waals surface area contributed by atoms with Gasteiger partial charge >= 0.3 is 0 Å². The van der Waals surface area contributed by atoms with Gasteiger partial charge in [-0.3, -0.25) is 0 Å². The van der Waals surface area contributed by atoms with Crippen molar-refractivity contribution in [1.82, 2.24) is 0 Å². The van der Waals surface area contributed by atoms with Crippen LogP contribution in [-0.4, -0.2) is 14.7 Å². The van der Waals surface area contributed by atoms with Crippen molar-refractivity contribution >= 4 is 32.6 Å². The van der Waals surface area contributed by atoms with E-state index in [1.165, 1.54) is 12.1 Å². The molecule has 0 aliphatic rings. The monoisotopic (exact) mass is 290 g/mol. The molecule has 0 radical (unpaired) electrons. The molecule has 2 aromatic carbocycles. The first kappa shape index (κ1) is 14.0. The normalized spacial score (nSPS) is 11.8. The lowest BCUT2D eigenvalue weighted by atomic mass is 10.3. The summed E-state index contributed by atoms with van der Waals surface area (Å²) in [5.41, 5.74) is 13.0. The molecule has 104 valence electrons. The minimum Gasteiger partial charge on any atom is -0.399 e.